The molecule has 0 unspecified atom stereocenters. The van der Waals surface area contributed by atoms with Crippen molar-refractivity contribution in [3.05, 3.63) is 29.3 Å². The molecule has 4 nitrogen and oxygen atoms in total. The van der Waals surface area contributed by atoms with Crippen LogP contribution < -0.4 is 10.1 Å². The molecule has 0 aromatic heterocycles. The number of nitrogens with one attached hydrogen (secondary N) is 1. The lowest BCUT2D eigenvalue weighted by Gasteiger charge is -2.11. The Morgan fingerprint density at radius 3 is 2.75 bits per heavy atom. The average Bonchev–Trinajstić information content (AvgIpc) is 2.38. The Labute approximate surface area is 122 Å². The lowest BCUT2D eigenvalue weighted by atomic mass is 10.1. The number of aryl methyl sites for hydroxylation is 2. The second kappa shape index (κ2) is 8.59. The van der Waals surface area contributed by atoms with Crippen molar-refractivity contribution in [1.82, 2.24) is 10.2 Å². The molecular weight excluding hydrogens is 252 g/mol. The molecule has 0 fully saturated rings. The van der Waals surface area contributed by atoms with Crippen molar-refractivity contribution in [1.29, 1.82) is 0 Å². The summed E-state index contributed by atoms with van der Waals surface area (Å²) in [6.07, 6.45) is 1.37. The highest BCUT2D eigenvalue weighted by Crippen LogP contribution is 2.19. The second-order valence-electron chi connectivity index (χ2n) is 5.37. The molecule has 0 atom stereocenters. The summed E-state index contributed by atoms with van der Waals surface area (Å²) in [5, 5.41) is 2.90. The molecule has 0 heterocycles. The lowest BCUT2D eigenvalue weighted by molar-refractivity contribution is -0.121. The Bertz CT molecular complexity index is 430. The highest BCUT2D eigenvalue weighted by molar-refractivity contribution is 5.75. The van der Waals surface area contributed by atoms with E-state index in [9.17, 15) is 4.79 Å². The van der Waals surface area contributed by atoms with Crippen LogP contribution in [0.15, 0.2) is 18.2 Å². The van der Waals surface area contributed by atoms with Gasteiger partial charge in [0, 0.05) is 6.54 Å². The van der Waals surface area contributed by atoms with E-state index in [-0.39, 0.29) is 5.91 Å². The van der Waals surface area contributed by atoms with Crippen LogP contribution in [0.5, 0.6) is 5.75 Å². The van der Waals surface area contributed by atoms with Crippen LogP contribution in [0.25, 0.3) is 0 Å². The molecule has 0 saturated heterocycles. The lowest BCUT2D eigenvalue weighted by Crippen LogP contribution is -2.28. The first-order valence-corrected chi connectivity index (χ1v) is 7.10. The Balaban J connectivity index is 2.20. The molecule has 1 rings (SSSR count). The van der Waals surface area contributed by atoms with Crippen molar-refractivity contribution in [2.75, 3.05) is 33.8 Å². The van der Waals surface area contributed by atoms with Gasteiger partial charge < -0.3 is 15.0 Å². The van der Waals surface area contributed by atoms with Crippen LogP contribution in [-0.4, -0.2) is 44.6 Å². The highest BCUT2D eigenvalue weighted by Gasteiger charge is 2.03. The molecule has 0 radical (unpaired) electrons. The maximum Gasteiger partial charge on any atom is 0.223 e. The van der Waals surface area contributed by atoms with E-state index < -0.39 is 0 Å². The fraction of sp³-hybridized carbons (Fsp3) is 0.562. The molecule has 0 saturated carbocycles. The van der Waals surface area contributed by atoms with E-state index in [1.807, 2.05) is 40.1 Å². The van der Waals surface area contributed by atoms with Gasteiger partial charge in [-0.2, -0.15) is 0 Å². The number of rotatable bonds is 8. The van der Waals surface area contributed by atoms with Gasteiger partial charge in [-0.15, -0.1) is 0 Å². The van der Waals surface area contributed by atoms with Gasteiger partial charge in [0.15, 0.2) is 0 Å². The van der Waals surface area contributed by atoms with Crippen LogP contribution in [0.4, 0.5) is 0 Å². The van der Waals surface area contributed by atoms with Gasteiger partial charge in [0.2, 0.25) is 5.91 Å². The summed E-state index contributed by atoms with van der Waals surface area (Å²) in [5.41, 5.74) is 2.26. The molecular formula is C16H26N2O2. The number of amides is 1. The van der Waals surface area contributed by atoms with E-state index in [0.717, 1.165) is 30.8 Å². The van der Waals surface area contributed by atoms with Gasteiger partial charge in [-0.3, -0.25) is 4.79 Å². The second-order valence-corrected chi connectivity index (χ2v) is 5.37. The molecule has 1 N–H and O–H groups in total. The summed E-state index contributed by atoms with van der Waals surface area (Å²) < 4.78 is 5.66. The monoisotopic (exact) mass is 278 g/mol. The molecule has 0 bridgehead atoms. The Morgan fingerprint density at radius 1 is 1.30 bits per heavy atom. The van der Waals surface area contributed by atoms with Gasteiger partial charge in [0.25, 0.3) is 0 Å². The Kier molecular flexibility index (Phi) is 7.09. The third-order valence-electron chi connectivity index (χ3n) is 3.03. The fourth-order valence-corrected chi connectivity index (χ4v) is 1.83. The zero-order chi connectivity index (χ0) is 15.0. The first-order chi connectivity index (χ1) is 9.49. The Hall–Kier alpha value is -1.55. The van der Waals surface area contributed by atoms with Crippen LogP contribution in [0.2, 0.25) is 0 Å². The third kappa shape index (κ3) is 6.57. The van der Waals surface area contributed by atoms with Crippen LogP contribution in [0.3, 0.4) is 0 Å². The SMILES string of the molecule is Cc1ccc(C)c(OCCC(=O)NCCCN(C)C)c1. The van der Waals surface area contributed by atoms with Gasteiger partial charge in [-0.25, -0.2) is 0 Å². The summed E-state index contributed by atoms with van der Waals surface area (Å²) in [7, 11) is 4.06. The molecule has 4 heteroatoms. The van der Waals surface area contributed by atoms with Crippen molar-refractivity contribution in [3.8, 4) is 5.75 Å². The van der Waals surface area contributed by atoms with E-state index in [1.54, 1.807) is 0 Å². The normalized spacial score (nSPS) is 10.7. The topological polar surface area (TPSA) is 41.6 Å². The number of ether oxygens (including phenoxy) is 1. The molecule has 1 amide bonds. The maximum absolute atomic E-state index is 11.6. The first-order valence-electron chi connectivity index (χ1n) is 7.10. The molecule has 0 aliphatic rings. The summed E-state index contributed by atoms with van der Waals surface area (Å²) in [5.74, 6) is 0.916. The maximum atomic E-state index is 11.6. The molecule has 0 spiro atoms. The molecule has 1 aromatic carbocycles. The number of carbonyl (C=O) groups excluding carboxylic acids is 1. The molecule has 0 aliphatic heterocycles. The van der Waals surface area contributed by atoms with Crippen LogP contribution in [0, 0.1) is 13.8 Å². The number of carbonyl (C=O) groups is 1. The van der Waals surface area contributed by atoms with Gasteiger partial charge in [0.1, 0.15) is 5.75 Å². The quantitative estimate of drug-likeness (QED) is 0.741. The fourth-order valence-electron chi connectivity index (χ4n) is 1.83. The van der Waals surface area contributed by atoms with Gasteiger partial charge in [0.05, 0.1) is 13.0 Å². The predicted molar refractivity (Wildman–Crippen MR) is 82.2 cm³/mol. The molecule has 20 heavy (non-hydrogen) atoms. The summed E-state index contributed by atoms with van der Waals surface area (Å²) in [4.78, 5) is 13.7. The molecule has 1 aromatic rings. The molecule has 112 valence electrons. The number of hydrogen-bond acceptors (Lipinski definition) is 3. The zero-order valence-electron chi connectivity index (χ0n) is 13.0. The summed E-state index contributed by atoms with van der Waals surface area (Å²) in [6, 6.07) is 6.09. The number of benzene rings is 1. The van der Waals surface area contributed by atoms with E-state index in [2.05, 4.69) is 16.3 Å². The minimum Gasteiger partial charge on any atom is -0.493 e. The van der Waals surface area contributed by atoms with E-state index in [1.165, 1.54) is 5.56 Å². The van der Waals surface area contributed by atoms with Crippen LogP contribution in [0.1, 0.15) is 24.0 Å². The average molecular weight is 278 g/mol. The van der Waals surface area contributed by atoms with Crippen LogP contribution >= 0.6 is 0 Å². The van der Waals surface area contributed by atoms with Gasteiger partial charge in [-0.05, 0) is 58.1 Å². The predicted octanol–water partition coefficient (Wildman–Crippen LogP) is 2.14. The first kappa shape index (κ1) is 16.5. The number of nitrogens with zero attached hydrogens (tertiary/aromatic N) is 1. The van der Waals surface area contributed by atoms with Crippen molar-refractivity contribution in [2.24, 2.45) is 0 Å². The third-order valence-corrected chi connectivity index (χ3v) is 3.03. The smallest absolute Gasteiger partial charge is 0.223 e. The summed E-state index contributed by atoms with van der Waals surface area (Å²) >= 11 is 0. The van der Waals surface area contributed by atoms with Gasteiger partial charge in [-0.1, -0.05) is 12.1 Å². The van der Waals surface area contributed by atoms with Gasteiger partial charge >= 0.3 is 0 Å². The van der Waals surface area contributed by atoms with E-state index in [0.29, 0.717) is 13.0 Å². The highest BCUT2D eigenvalue weighted by atomic mass is 16.5. The van der Waals surface area contributed by atoms with E-state index in [4.69, 9.17) is 4.74 Å². The number of hydrogen-bond donors (Lipinski definition) is 1. The van der Waals surface area contributed by atoms with Crippen molar-refractivity contribution in [2.45, 2.75) is 26.7 Å². The zero-order valence-corrected chi connectivity index (χ0v) is 13.0. The minimum atomic E-state index is 0.0501. The van der Waals surface area contributed by atoms with Crippen molar-refractivity contribution < 1.29 is 9.53 Å². The van der Waals surface area contributed by atoms with Crippen LogP contribution in [-0.2, 0) is 4.79 Å². The largest absolute Gasteiger partial charge is 0.493 e. The van der Waals surface area contributed by atoms with Crippen molar-refractivity contribution in [3.63, 3.8) is 0 Å². The minimum absolute atomic E-state index is 0.0501. The van der Waals surface area contributed by atoms with Crippen molar-refractivity contribution >= 4 is 5.91 Å². The standard InChI is InChI=1S/C16H26N2O2/c1-13-6-7-14(2)15(12-13)20-11-8-16(19)17-9-5-10-18(3)4/h6-7,12H,5,8-11H2,1-4H3,(H,17,19). The summed E-state index contributed by atoms with van der Waals surface area (Å²) in [6.45, 7) is 6.17. The van der Waals surface area contributed by atoms with E-state index >= 15 is 0 Å². The molecule has 0 aliphatic carbocycles. The Morgan fingerprint density at radius 2 is 2.05 bits per heavy atom.